The standard InChI is InChI=1S/C21H32N4O3.ClH/c1-14-10-15(2)13-23(12-14)19-8-7-17(11-20(19)25(27)28)21(26)24-9-5-4-6-18(24)16(3)22;/h7-8,11,14-16,18H,4-6,9-10,12-13,22H2,1-3H3;1H. The third-order valence-corrected chi connectivity index (χ3v) is 6.05. The van der Waals surface area contributed by atoms with E-state index >= 15 is 0 Å². The van der Waals surface area contributed by atoms with E-state index in [0.29, 0.717) is 29.6 Å². The van der Waals surface area contributed by atoms with Crippen LogP contribution in [0.5, 0.6) is 0 Å². The number of nitrogens with two attached hydrogens (primary N) is 1. The summed E-state index contributed by atoms with van der Waals surface area (Å²) >= 11 is 0. The van der Waals surface area contributed by atoms with E-state index in [4.69, 9.17) is 5.73 Å². The topological polar surface area (TPSA) is 92.7 Å². The second-order valence-corrected chi connectivity index (χ2v) is 8.73. The molecule has 0 bridgehead atoms. The number of hydrogen-bond acceptors (Lipinski definition) is 5. The van der Waals surface area contributed by atoms with Crippen LogP contribution < -0.4 is 10.6 Å². The van der Waals surface area contributed by atoms with Gasteiger partial charge in [0, 0.05) is 43.3 Å². The zero-order chi connectivity index (χ0) is 20.4. The first-order valence-corrected chi connectivity index (χ1v) is 10.4. The van der Waals surface area contributed by atoms with Gasteiger partial charge in [0.25, 0.3) is 11.6 Å². The van der Waals surface area contributed by atoms with E-state index in [1.54, 1.807) is 17.0 Å². The summed E-state index contributed by atoms with van der Waals surface area (Å²) in [5.41, 5.74) is 7.09. The Morgan fingerprint density at radius 1 is 1.24 bits per heavy atom. The molecular formula is C21H33ClN4O3. The van der Waals surface area contributed by atoms with Crippen molar-refractivity contribution >= 4 is 29.7 Å². The Kier molecular flexibility index (Phi) is 7.88. The van der Waals surface area contributed by atoms with Crippen LogP contribution in [0, 0.1) is 22.0 Å². The highest BCUT2D eigenvalue weighted by Crippen LogP contribution is 2.34. The summed E-state index contributed by atoms with van der Waals surface area (Å²) in [7, 11) is 0. The van der Waals surface area contributed by atoms with E-state index < -0.39 is 0 Å². The molecule has 162 valence electrons. The van der Waals surface area contributed by atoms with Gasteiger partial charge in [-0.2, -0.15) is 0 Å². The van der Waals surface area contributed by atoms with Gasteiger partial charge >= 0.3 is 0 Å². The minimum absolute atomic E-state index is 0. The number of nitrogens with zero attached hydrogens (tertiary/aromatic N) is 3. The molecule has 4 atom stereocenters. The molecule has 2 N–H and O–H groups in total. The van der Waals surface area contributed by atoms with Crippen LogP contribution in [-0.4, -0.2) is 47.4 Å². The summed E-state index contributed by atoms with van der Waals surface area (Å²) in [6, 6.07) is 4.82. The van der Waals surface area contributed by atoms with Gasteiger partial charge in [-0.25, -0.2) is 0 Å². The molecule has 0 radical (unpaired) electrons. The van der Waals surface area contributed by atoms with Gasteiger partial charge in [0.05, 0.1) is 4.92 Å². The van der Waals surface area contributed by atoms with Crippen molar-refractivity contribution in [3.8, 4) is 0 Å². The molecule has 3 rings (SSSR count). The average Bonchev–Trinajstić information content (AvgIpc) is 2.66. The SMILES string of the molecule is CC1CC(C)CN(c2ccc(C(=O)N3CCCCC3C(C)N)cc2[N+](=O)[O-])C1.Cl. The van der Waals surface area contributed by atoms with Gasteiger partial charge in [0.1, 0.15) is 5.69 Å². The maximum Gasteiger partial charge on any atom is 0.293 e. The molecule has 1 aromatic carbocycles. The quantitative estimate of drug-likeness (QED) is 0.585. The molecule has 2 heterocycles. The van der Waals surface area contributed by atoms with Crippen molar-refractivity contribution in [2.75, 3.05) is 24.5 Å². The Bertz CT molecular complexity index is 733. The van der Waals surface area contributed by atoms with E-state index in [-0.39, 0.29) is 41.0 Å². The van der Waals surface area contributed by atoms with Gasteiger partial charge in [-0.1, -0.05) is 13.8 Å². The largest absolute Gasteiger partial charge is 0.365 e. The second kappa shape index (κ2) is 9.76. The maximum absolute atomic E-state index is 13.1. The lowest BCUT2D eigenvalue weighted by molar-refractivity contribution is -0.384. The molecule has 4 unspecified atom stereocenters. The monoisotopic (exact) mass is 424 g/mol. The maximum atomic E-state index is 13.1. The van der Waals surface area contributed by atoms with Gasteiger partial charge in [0.15, 0.2) is 0 Å². The number of carbonyl (C=O) groups excluding carboxylic acids is 1. The van der Waals surface area contributed by atoms with Crippen molar-refractivity contribution in [1.82, 2.24) is 4.90 Å². The molecule has 2 aliphatic rings. The van der Waals surface area contributed by atoms with Crippen molar-refractivity contribution in [3.63, 3.8) is 0 Å². The lowest BCUT2D eigenvalue weighted by atomic mass is 9.91. The molecule has 0 aromatic heterocycles. The molecular weight excluding hydrogens is 392 g/mol. The van der Waals surface area contributed by atoms with E-state index in [1.807, 2.05) is 6.92 Å². The summed E-state index contributed by atoms with van der Waals surface area (Å²) < 4.78 is 0. The third kappa shape index (κ3) is 5.20. The summed E-state index contributed by atoms with van der Waals surface area (Å²) in [5.74, 6) is 0.826. The van der Waals surface area contributed by atoms with Gasteiger partial charge < -0.3 is 15.5 Å². The number of carbonyl (C=O) groups is 1. The van der Waals surface area contributed by atoms with Crippen molar-refractivity contribution < 1.29 is 9.72 Å². The molecule has 2 fully saturated rings. The van der Waals surface area contributed by atoms with Crippen molar-refractivity contribution in [2.24, 2.45) is 17.6 Å². The summed E-state index contributed by atoms with van der Waals surface area (Å²) in [5, 5.41) is 11.8. The molecule has 1 amide bonds. The minimum atomic E-state index is -0.366. The Morgan fingerprint density at radius 3 is 2.48 bits per heavy atom. The average molecular weight is 425 g/mol. The number of benzene rings is 1. The van der Waals surface area contributed by atoms with Crippen molar-refractivity contribution in [1.29, 1.82) is 0 Å². The normalized spacial score (nSPS) is 25.9. The highest BCUT2D eigenvalue weighted by atomic mass is 35.5. The highest BCUT2D eigenvalue weighted by molar-refractivity contribution is 5.96. The molecule has 2 saturated heterocycles. The number of nitro groups is 1. The number of nitro benzene ring substituents is 1. The van der Waals surface area contributed by atoms with Crippen molar-refractivity contribution in [3.05, 3.63) is 33.9 Å². The van der Waals surface area contributed by atoms with Crippen LogP contribution in [0.1, 0.15) is 56.8 Å². The number of rotatable bonds is 4. The summed E-state index contributed by atoms with van der Waals surface area (Å²) in [6.07, 6.45) is 4.01. The fourth-order valence-corrected chi connectivity index (χ4v) is 4.85. The second-order valence-electron chi connectivity index (χ2n) is 8.73. The fourth-order valence-electron chi connectivity index (χ4n) is 4.85. The van der Waals surface area contributed by atoms with Gasteiger partial charge in [0.2, 0.25) is 0 Å². The van der Waals surface area contributed by atoms with Crippen LogP contribution in [0.3, 0.4) is 0 Å². The van der Waals surface area contributed by atoms with Crippen molar-refractivity contribution in [2.45, 2.75) is 58.5 Å². The first kappa shape index (κ1) is 23.4. The number of likely N-dealkylation sites (tertiary alicyclic amines) is 1. The smallest absolute Gasteiger partial charge is 0.293 e. The first-order valence-electron chi connectivity index (χ1n) is 10.4. The number of amides is 1. The summed E-state index contributed by atoms with van der Waals surface area (Å²) in [4.78, 5) is 28.4. The number of anilines is 1. The minimum Gasteiger partial charge on any atom is -0.365 e. The van der Waals surface area contributed by atoms with Gasteiger partial charge in [-0.15, -0.1) is 12.4 Å². The molecule has 0 aliphatic carbocycles. The summed E-state index contributed by atoms with van der Waals surface area (Å²) in [6.45, 7) is 8.53. The lowest BCUT2D eigenvalue weighted by Gasteiger charge is -2.38. The van der Waals surface area contributed by atoms with E-state index in [9.17, 15) is 14.9 Å². The van der Waals surface area contributed by atoms with E-state index in [1.165, 1.54) is 6.07 Å². The van der Waals surface area contributed by atoms with Crippen LogP contribution >= 0.6 is 12.4 Å². The molecule has 0 spiro atoms. The van der Waals surface area contributed by atoms with Crippen LogP contribution in [0.4, 0.5) is 11.4 Å². The van der Waals surface area contributed by atoms with Gasteiger partial charge in [-0.05, 0) is 56.6 Å². The zero-order valence-electron chi connectivity index (χ0n) is 17.5. The Hall–Kier alpha value is -1.86. The molecule has 0 saturated carbocycles. The predicted molar refractivity (Wildman–Crippen MR) is 118 cm³/mol. The molecule has 8 heteroatoms. The third-order valence-electron chi connectivity index (χ3n) is 6.05. The predicted octanol–water partition coefficient (Wildman–Crippen LogP) is 3.84. The molecule has 29 heavy (non-hydrogen) atoms. The van der Waals surface area contributed by atoms with Gasteiger partial charge in [-0.3, -0.25) is 14.9 Å². The van der Waals surface area contributed by atoms with Crippen LogP contribution in [0.15, 0.2) is 18.2 Å². The molecule has 2 aliphatic heterocycles. The lowest BCUT2D eigenvalue weighted by Crippen LogP contribution is -2.51. The Labute approximate surface area is 179 Å². The Balaban J connectivity index is 0.00000300. The van der Waals surface area contributed by atoms with Crippen LogP contribution in [-0.2, 0) is 0 Å². The highest BCUT2D eigenvalue weighted by Gasteiger charge is 2.32. The molecule has 1 aromatic rings. The number of hydrogen-bond donors (Lipinski definition) is 1. The number of piperidine rings is 2. The first-order chi connectivity index (χ1) is 13.3. The zero-order valence-corrected chi connectivity index (χ0v) is 18.4. The van der Waals surface area contributed by atoms with E-state index in [0.717, 1.165) is 38.8 Å². The van der Waals surface area contributed by atoms with Crippen LogP contribution in [0.25, 0.3) is 0 Å². The van der Waals surface area contributed by atoms with Crippen LogP contribution in [0.2, 0.25) is 0 Å². The Morgan fingerprint density at radius 2 is 1.90 bits per heavy atom. The number of halogens is 1. The molecule has 7 nitrogen and oxygen atoms in total. The fraction of sp³-hybridized carbons (Fsp3) is 0.667. The van der Waals surface area contributed by atoms with E-state index in [2.05, 4.69) is 18.7 Å².